The molecule has 2 aliphatic rings. The summed E-state index contributed by atoms with van der Waals surface area (Å²) in [6.45, 7) is 9.37. The molecule has 33 heavy (non-hydrogen) atoms. The molecule has 2 amide bonds. The highest BCUT2D eigenvalue weighted by Gasteiger charge is 2.46. The second-order valence-electron chi connectivity index (χ2n) is 9.96. The molecule has 0 bridgehead atoms. The molecule has 4 heterocycles. The fourth-order valence-electron chi connectivity index (χ4n) is 4.75. The summed E-state index contributed by atoms with van der Waals surface area (Å²) in [7, 11) is 3.55. The van der Waals surface area contributed by atoms with Gasteiger partial charge in [-0.2, -0.15) is 0 Å². The van der Waals surface area contributed by atoms with Crippen molar-refractivity contribution in [3.05, 3.63) is 17.3 Å². The number of likely N-dealkylation sites (N-methyl/N-ethyl adjacent to an activating group) is 1. The molecule has 180 valence electrons. The maximum Gasteiger partial charge on any atom is 0.410 e. The molecule has 9 heteroatoms. The molecule has 0 saturated carbocycles. The third kappa shape index (κ3) is 4.78. The summed E-state index contributed by atoms with van der Waals surface area (Å²) in [5, 5.41) is 1.01. The van der Waals surface area contributed by atoms with E-state index in [4.69, 9.17) is 4.74 Å². The maximum atomic E-state index is 12.8. The summed E-state index contributed by atoms with van der Waals surface area (Å²) in [6.07, 6.45) is 5.44. The Morgan fingerprint density at radius 2 is 1.91 bits per heavy atom. The van der Waals surface area contributed by atoms with Gasteiger partial charge in [0, 0.05) is 50.6 Å². The lowest BCUT2D eigenvalue weighted by atomic mass is 9.86. The lowest BCUT2D eigenvalue weighted by molar-refractivity contribution is -0.127. The number of thiophene rings is 1. The van der Waals surface area contributed by atoms with Crippen LogP contribution in [0, 0.1) is 5.41 Å². The average Bonchev–Trinajstić information content (AvgIpc) is 3.52. The van der Waals surface area contributed by atoms with E-state index < -0.39 is 5.60 Å². The number of anilines is 1. The Kier molecular flexibility index (Phi) is 6.53. The molecule has 0 radical (unpaired) electrons. The van der Waals surface area contributed by atoms with Gasteiger partial charge in [-0.25, -0.2) is 14.8 Å². The third-order valence-electron chi connectivity index (χ3n) is 7.45. The van der Waals surface area contributed by atoms with E-state index in [1.165, 1.54) is 0 Å². The zero-order valence-corrected chi connectivity index (χ0v) is 21.2. The number of fused-ring (bicyclic) bond motifs is 1. The van der Waals surface area contributed by atoms with E-state index >= 15 is 0 Å². The van der Waals surface area contributed by atoms with Crippen LogP contribution in [0.25, 0.3) is 10.2 Å². The molecule has 1 unspecified atom stereocenters. The predicted octanol–water partition coefficient (Wildman–Crippen LogP) is 3.94. The maximum absolute atomic E-state index is 12.8. The Bertz CT molecular complexity index is 1030. The zero-order valence-electron chi connectivity index (χ0n) is 20.4. The number of rotatable bonds is 6. The summed E-state index contributed by atoms with van der Waals surface area (Å²) in [4.78, 5) is 41.8. The first-order chi connectivity index (χ1) is 15.7. The van der Waals surface area contributed by atoms with Crippen LogP contribution in [-0.4, -0.2) is 77.6 Å². The molecule has 1 atom stereocenters. The monoisotopic (exact) mass is 473 g/mol. The molecule has 2 fully saturated rings. The molecule has 2 aromatic heterocycles. The van der Waals surface area contributed by atoms with E-state index in [1.807, 2.05) is 11.8 Å². The first kappa shape index (κ1) is 23.7. The number of likely N-dealkylation sites (tertiary alicyclic amines) is 1. The van der Waals surface area contributed by atoms with Gasteiger partial charge in [0.2, 0.25) is 5.91 Å². The number of aromatic nitrogens is 2. The fourth-order valence-corrected chi connectivity index (χ4v) is 5.73. The van der Waals surface area contributed by atoms with Gasteiger partial charge in [-0.1, -0.05) is 13.8 Å². The summed E-state index contributed by atoms with van der Waals surface area (Å²) in [5.41, 5.74) is -0.323. The first-order valence-corrected chi connectivity index (χ1v) is 12.7. The SMILES string of the molecule is CCC(C)(CC)OC(=O)N1CCC2(CCN(c3ncnc4sc(CC(=O)N(C)C)cc34)C2)C1. The van der Waals surface area contributed by atoms with Crippen molar-refractivity contribution in [3.63, 3.8) is 0 Å². The minimum atomic E-state index is -0.397. The minimum Gasteiger partial charge on any atom is -0.443 e. The number of nitrogens with zero attached hydrogens (tertiary/aromatic N) is 5. The normalized spacial score (nSPS) is 20.8. The van der Waals surface area contributed by atoms with Crippen molar-refractivity contribution in [3.8, 4) is 0 Å². The Labute approximate surface area is 199 Å². The molecular formula is C24H35N5O3S. The average molecular weight is 474 g/mol. The molecule has 2 aromatic rings. The fraction of sp³-hybridized carbons (Fsp3) is 0.667. The number of carbonyl (C=O) groups excluding carboxylic acids is 2. The number of hydrogen-bond donors (Lipinski definition) is 0. The van der Waals surface area contributed by atoms with E-state index in [-0.39, 0.29) is 17.4 Å². The molecule has 0 N–H and O–H groups in total. The van der Waals surface area contributed by atoms with Crippen molar-refractivity contribution >= 4 is 39.4 Å². The summed E-state index contributed by atoms with van der Waals surface area (Å²) in [5.74, 6) is 1.01. The number of ether oxygens (including phenoxy) is 1. The van der Waals surface area contributed by atoms with Crippen molar-refractivity contribution in [1.29, 1.82) is 0 Å². The van der Waals surface area contributed by atoms with Crippen molar-refractivity contribution in [2.45, 2.75) is 58.5 Å². The Hall–Kier alpha value is -2.42. The molecule has 4 rings (SSSR count). The molecule has 0 aromatic carbocycles. The number of carbonyl (C=O) groups is 2. The number of hydrogen-bond acceptors (Lipinski definition) is 7. The molecule has 2 aliphatic heterocycles. The molecule has 0 aliphatic carbocycles. The summed E-state index contributed by atoms with van der Waals surface area (Å²) >= 11 is 1.56. The Balaban J connectivity index is 1.46. The van der Waals surface area contributed by atoms with Crippen molar-refractivity contribution < 1.29 is 14.3 Å². The lowest BCUT2D eigenvalue weighted by Gasteiger charge is -2.30. The van der Waals surface area contributed by atoms with Crippen LogP contribution in [-0.2, 0) is 16.0 Å². The second kappa shape index (κ2) is 9.08. The van der Waals surface area contributed by atoms with Gasteiger partial charge < -0.3 is 19.4 Å². The van der Waals surface area contributed by atoms with E-state index in [2.05, 4.69) is 34.8 Å². The number of amides is 2. The van der Waals surface area contributed by atoms with E-state index in [0.717, 1.165) is 72.8 Å². The van der Waals surface area contributed by atoms with E-state index in [9.17, 15) is 9.59 Å². The molecule has 2 saturated heterocycles. The van der Waals surface area contributed by atoms with Gasteiger partial charge in [0.1, 0.15) is 22.6 Å². The van der Waals surface area contributed by atoms with Crippen LogP contribution >= 0.6 is 11.3 Å². The van der Waals surface area contributed by atoms with Gasteiger partial charge >= 0.3 is 6.09 Å². The topological polar surface area (TPSA) is 78.9 Å². The van der Waals surface area contributed by atoms with Gasteiger partial charge in [-0.15, -0.1) is 11.3 Å². The van der Waals surface area contributed by atoms with Crippen LogP contribution in [0.5, 0.6) is 0 Å². The summed E-state index contributed by atoms with van der Waals surface area (Å²) in [6, 6.07) is 2.07. The summed E-state index contributed by atoms with van der Waals surface area (Å²) < 4.78 is 5.87. The Morgan fingerprint density at radius 3 is 2.61 bits per heavy atom. The van der Waals surface area contributed by atoms with Crippen LogP contribution in [0.1, 0.15) is 51.3 Å². The Morgan fingerprint density at radius 1 is 1.18 bits per heavy atom. The largest absolute Gasteiger partial charge is 0.443 e. The minimum absolute atomic E-state index is 0.0743. The van der Waals surface area contributed by atoms with Crippen molar-refractivity contribution in [2.75, 3.05) is 45.2 Å². The van der Waals surface area contributed by atoms with Crippen LogP contribution in [0.4, 0.5) is 10.6 Å². The van der Waals surface area contributed by atoms with E-state index in [0.29, 0.717) is 6.42 Å². The molecule has 8 nitrogen and oxygen atoms in total. The van der Waals surface area contributed by atoms with Crippen molar-refractivity contribution in [1.82, 2.24) is 19.8 Å². The quantitative estimate of drug-likeness (QED) is 0.632. The highest BCUT2D eigenvalue weighted by Crippen LogP contribution is 2.43. The third-order valence-corrected chi connectivity index (χ3v) is 8.49. The lowest BCUT2D eigenvalue weighted by Crippen LogP contribution is -2.39. The van der Waals surface area contributed by atoms with Gasteiger partial charge in [0.25, 0.3) is 0 Å². The van der Waals surface area contributed by atoms with Gasteiger partial charge in [-0.3, -0.25) is 4.79 Å². The predicted molar refractivity (Wildman–Crippen MR) is 131 cm³/mol. The van der Waals surface area contributed by atoms with Crippen LogP contribution < -0.4 is 4.90 Å². The highest BCUT2D eigenvalue weighted by molar-refractivity contribution is 7.18. The van der Waals surface area contributed by atoms with Gasteiger partial charge in [0.05, 0.1) is 11.8 Å². The molecule has 1 spiro atoms. The first-order valence-electron chi connectivity index (χ1n) is 11.8. The van der Waals surface area contributed by atoms with Gasteiger partial charge in [0.15, 0.2) is 0 Å². The zero-order chi connectivity index (χ0) is 23.8. The van der Waals surface area contributed by atoms with Gasteiger partial charge in [-0.05, 0) is 38.7 Å². The van der Waals surface area contributed by atoms with Crippen molar-refractivity contribution in [2.24, 2.45) is 5.41 Å². The van der Waals surface area contributed by atoms with E-state index in [1.54, 1.807) is 36.7 Å². The smallest absolute Gasteiger partial charge is 0.410 e. The van der Waals surface area contributed by atoms with Crippen LogP contribution in [0.3, 0.4) is 0 Å². The second-order valence-corrected chi connectivity index (χ2v) is 11.1. The highest BCUT2D eigenvalue weighted by atomic mass is 32.1. The molecular weight excluding hydrogens is 438 g/mol. The standard InChI is InChI=1S/C24H35N5O3S/c1-6-23(3,7-2)32-22(31)29-11-9-24(15-29)8-10-28(14-24)20-18-12-17(13-19(30)27(4)5)33-21(18)26-16-25-20/h12,16H,6-11,13-15H2,1-5H3. The van der Waals surface area contributed by atoms with Crippen LogP contribution in [0.2, 0.25) is 0 Å². The van der Waals surface area contributed by atoms with Crippen LogP contribution in [0.15, 0.2) is 12.4 Å².